The number of ketones is 1. The van der Waals surface area contributed by atoms with E-state index >= 15 is 0 Å². The lowest BCUT2D eigenvalue weighted by molar-refractivity contribution is -0.137. The van der Waals surface area contributed by atoms with Crippen molar-refractivity contribution in [1.29, 1.82) is 0 Å². The fraction of sp³-hybridized carbons (Fsp3) is 0.226. The number of amides is 1. The van der Waals surface area contributed by atoms with Crippen LogP contribution in [0.2, 0.25) is 0 Å². The van der Waals surface area contributed by atoms with Crippen LogP contribution in [-0.4, -0.2) is 50.8 Å². The average molecular weight is 624 g/mol. The summed E-state index contributed by atoms with van der Waals surface area (Å²) in [6.07, 6.45) is -0.718. The summed E-state index contributed by atoms with van der Waals surface area (Å²) in [4.78, 5) is 36.4. The average Bonchev–Trinajstić information content (AvgIpc) is 3.50. The number of hydrogen-bond acceptors (Lipinski definition) is 6. The third-order valence-electron chi connectivity index (χ3n) is 7.91. The number of benzene rings is 2. The van der Waals surface area contributed by atoms with Gasteiger partial charge >= 0.3 is 6.18 Å². The number of pyridine rings is 1. The first-order valence-corrected chi connectivity index (χ1v) is 13.8. The highest BCUT2D eigenvalue weighted by atomic mass is 19.4. The number of imidazole rings is 2. The quantitative estimate of drug-likeness (QED) is 0.159. The molecule has 0 radical (unpaired) electrons. The number of alkyl halides is 3. The standard InChI is InChI=1S/C31H26F5N7O2/c1-15-38-26-22(42(15)3)14-18(31(34,35)36)24-17-6-5-10-43-27(17)21(8-11-41(2)28(24)26)39-30(43)29(45)16-12-19(32)25(20(33)13-16)40-23(44)7-4-9-37/h4-7,10,12-14H,8-9,11,37H2,1-3H3,(H,40,44)/b7-4+. The number of hydrogen-bond donors (Lipinski definition) is 2. The molecule has 0 atom stereocenters. The zero-order chi connectivity index (χ0) is 32.4. The van der Waals surface area contributed by atoms with Crippen molar-refractivity contribution in [2.75, 3.05) is 30.4 Å². The van der Waals surface area contributed by atoms with E-state index < -0.39 is 46.3 Å². The van der Waals surface area contributed by atoms with Crippen LogP contribution in [0.1, 0.15) is 33.3 Å². The molecule has 232 valence electrons. The molecule has 0 unspecified atom stereocenters. The highest BCUT2D eigenvalue weighted by Gasteiger charge is 2.39. The molecule has 0 spiro atoms. The number of anilines is 2. The number of nitrogens with two attached hydrogens (primary N) is 1. The van der Waals surface area contributed by atoms with E-state index in [2.05, 4.69) is 15.3 Å². The van der Waals surface area contributed by atoms with Crippen molar-refractivity contribution in [3.8, 4) is 11.1 Å². The second kappa shape index (κ2) is 10.8. The highest BCUT2D eigenvalue weighted by molar-refractivity contribution is 6.09. The van der Waals surface area contributed by atoms with Gasteiger partial charge in [0.1, 0.15) is 28.7 Å². The van der Waals surface area contributed by atoms with Crippen LogP contribution >= 0.6 is 0 Å². The van der Waals surface area contributed by atoms with Crippen LogP contribution in [0, 0.1) is 18.6 Å². The van der Waals surface area contributed by atoms with Gasteiger partial charge in [-0.1, -0.05) is 12.1 Å². The molecular formula is C31H26F5N7O2. The van der Waals surface area contributed by atoms with E-state index in [0.29, 0.717) is 28.2 Å². The molecule has 45 heavy (non-hydrogen) atoms. The molecule has 0 fully saturated rings. The Labute approximate surface area is 252 Å². The Bertz CT molecular complexity index is 2050. The molecule has 2 aromatic carbocycles. The lowest BCUT2D eigenvalue weighted by Crippen LogP contribution is -2.24. The first-order chi connectivity index (χ1) is 21.3. The maximum absolute atomic E-state index is 15.0. The number of likely N-dealkylation sites (N-methyl/N-ethyl adjacent to an activating group) is 1. The molecule has 6 rings (SSSR count). The van der Waals surface area contributed by atoms with Crippen molar-refractivity contribution >= 4 is 39.6 Å². The van der Waals surface area contributed by atoms with Gasteiger partial charge in [0.15, 0.2) is 5.82 Å². The fourth-order valence-electron chi connectivity index (χ4n) is 5.72. The van der Waals surface area contributed by atoms with Gasteiger partial charge in [-0.2, -0.15) is 13.2 Å². The van der Waals surface area contributed by atoms with Crippen molar-refractivity contribution in [3.63, 3.8) is 0 Å². The number of aryl methyl sites for hydroxylation is 2. The summed E-state index contributed by atoms with van der Waals surface area (Å²) in [5, 5.41) is 2.07. The van der Waals surface area contributed by atoms with Crippen molar-refractivity contribution in [2.24, 2.45) is 12.8 Å². The molecular weight excluding hydrogens is 597 g/mol. The molecule has 0 aliphatic carbocycles. The Morgan fingerprint density at radius 1 is 1.11 bits per heavy atom. The monoisotopic (exact) mass is 623 g/mol. The molecule has 0 bridgehead atoms. The van der Waals surface area contributed by atoms with Crippen LogP contribution in [0.5, 0.6) is 0 Å². The van der Waals surface area contributed by atoms with E-state index in [1.807, 2.05) is 0 Å². The minimum absolute atomic E-state index is 0.0420. The summed E-state index contributed by atoms with van der Waals surface area (Å²) in [7, 11) is 3.33. The minimum atomic E-state index is -4.74. The summed E-state index contributed by atoms with van der Waals surface area (Å²) in [6, 6.07) is 5.62. The van der Waals surface area contributed by atoms with Crippen LogP contribution in [0.3, 0.4) is 0 Å². The van der Waals surface area contributed by atoms with E-state index in [4.69, 9.17) is 5.73 Å². The van der Waals surface area contributed by atoms with Gasteiger partial charge < -0.3 is 20.5 Å². The van der Waals surface area contributed by atoms with Crippen LogP contribution in [0.15, 0.2) is 48.7 Å². The van der Waals surface area contributed by atoms with Crippen LogP contribution in [-0.2, 0) is 24.4 Å². The van der Waals surface area contributed by atoms with Gasteiger partial charge in [0.05, 0.1) is 28.0 Å². The molecule has 3 aromatic heterocycles. The third kappa shape index (κ3) is 4.90. The lowest BCUT2D eigenvalue weighted by atomic mass is 9.93. The maximum atomic E-state index is 15.0. The second-order valence-electron chi connectivity index (χ2n) is 10.7. The molecule has 5 aromatic rings. The van der Waals surface area contributed by atoms with Gasteiger partial charge in [-0.15, -0.1) is 0 Å². The van der Waals surface area contributed by atoms with Crippen molar-refractivity contribution in [3.05, 3.63) is 88.8 Å². The molecule has 14 heteroatoms. The van der Waals surface area contributed by atoms with Crippen LogP contribution in [0.25, 0.3) is 27.7 Å². The van der Waals surface area contributed by atoms with Crippen molar-refractivity contribution < 1.29 is 31.5 Å². The van der Waals surface area contributed by atoms with Gasteiger partial charge in [-0.25, -0.2) is 18.7 Å². The molecule has 1 aliphatic rings. The zero-order valence-corrected chi connectivity index (χ0v) is 24.3. The minimum Gasteiger partial charge on any atom is -0.372 e. The highest BCUT2D eigenvalue weighted by Crippen LogP contribution is 2.48. The molecule has 9 nitrogen and oxygen atoms in total. The topological polar surface area (TPSA) is 111 Å². The summed E-state index contributed by atoms with van der Waals surface area (Å²) in [6.45, 7) is 1.99. The third-order valence-corrected chi connectivity index (χ3v) is 7.91. The Morgan fingerprint density at radius 2 is 1.82 bits per heavy atom. The fourth-order valence-corrected chi connectivity index (χ4v) is 5.72. The van der Waals surface area contributed by atoms with Gasteiger partial charge in [0.2, 0.25) is 11.7 Å². The van der Waals surface area contributed by atoms with E-state index in [0.717, 1.165) is 24.3 Å². The molecule has 1 amide bonds. The van der Waals surface area contributed by atoms with E-state index in [1.54, 1.807) is 30.5 Å². The number of halogens is 5. The number of carbonyl (C=O) groups excluding carboxylic acids is 2. The number of rotatable bonds is 5. The number of carbonyl (C=O) groups is 2. The second-order valence-corrected chi connectivity index (χ2v) is 10.7. The predicted molar refractivity (Wildman–Crippen MR) is 158 cm³/mol. The van der Waals surface area contributed by atoms with Crippen molar-refractivity contribution in [2.45, 2.75) is 19.5 Å². The van der Waals surface area contributed by atoms with Crippen LogP contribution in [0.4, 0.5) is 33.3 Å². The Morgan fingerprint density at radius 3 is 2.49 bits per heavy atom. The number of fused-ring (bicyclic) bond motifs is 4. The molecule has 1 aliphatic heterocycles. The van der Waals surface area contributed by atoms with Gasteiger partial charge in [-0.05, 0) is 31.2 Å². The molecule has 0 saturated carbocycles. The molecule has 0 saturated heterocycles. The summed E-state index contributed by atoms with van der Waals surface area (Å²) >= 11 is 0. The molecule has 4 heterocycles. The Hall–Kier alpha value is -5.11. The zero-order valence-electron chi connectivity index (χ0n) is 24.3. The van der Waals surface area contributed by atoms with E-state index in [1.165, 1.54) is 28.8 Å². The smallest absolute Gasteiger partial charge is 0.372 e. The van der Waals surface area contributed by atoms with E-state index in [-0.39, 0.29) is 42.0 Å². The lowest BCUT2D eigenvalue weighted by Gasteiger charge is -2.28. The summed E-state index contributed by atoms with van der Waals surface area (Å²) < 4.78 is 77.1. The first-order valence-electron chi connectivity index (χ1n) is 13.8. The van der Waals surface area contributed by atoms with Crippen LogP contribution < -0.4 is 16.0 Å². The summed E-state index contributed by atoms with van der Waals surface area (Å²) in [5.41, 5.74) is 4.95. The summed E-state index contributed by atoms with van der Waals surface area (Å²) in [5.74, 6) is -3.79. The predicted octanol–water partition coefficient (Wildman–Crippen LogP) is 5.17. The molecule has 3 N–H and O–H groups in total. The van der Waals surface area contributed by atoms with Crippen molar-refractivity contribution in [1.82, 2.24) is 18.9 Å². The number of nitrogens with zero attached hydrogens (tertiary/aromatic N) is 5. The van der Waals surface area contributed by atoms with Gasteiger partial charge in [0.25, 0.3) is 0 Å². The number of aromatic nitrogens is 4. The Kier molecular flexibility index (Phi) is 7.19. The number of nitrogens with one attached hydrogen (secondary N) is 1. The van der Waals surface area contributed by atoms with E-state index in [9.17, 15) is 31.5 Å². The normalized spacial score (nSPS) is 13.4. The van der Waals surface area contributed by atoms with Gasteiger partial charge in [-0.3, -0.25) is 14.0 Å². The maximum Gasteiger partial charge on any atom is 0.417 e. The Balaban J connectivity index is 1.55. The first kappa shape index (κ1) is 29.9. The largest absolute Gasteiger partial charge is 0.417 e. The van der Waals surface area contributed by atoms with Gasteiger partial charge in [0, 0.05) is 62.6 Å². The SMILES string of the molecule is Cc1nc2c3c(c(C(F)(F)F)cc2n1C)-c1cccn2c(C(=O)c4cc(F)c(NC(=O)/C=C/CN)c(F)c4)nc(c12)CCN3C.